The van der Waals surface area contributed by atoms with Gasteiger partial charge in [0.15, 0.2) is 5.75 Å². The van der Waals surface area contributed by atoms with Crippen molar-refractivity contribution in [3.8, 4) is 5.75 Å². The molecule has 0 aliphatic carbocycles. The number of carbonyl (C=O) groups excluding carboxylic acids is 1. The average molecular weight is 683 g/mol. The summed E-state index contributed by atoms with van der Waals surface area (Å²) in [7, 11) is 0. The fraction of sp³-hybridized carbons (Fsp3) is 0.829. The Morgan fingerprint density at radius 3 is 1.20 bits per heavy atom. The van der Waals surface area contributed by atoms with Crippen molar-refractivity contribution in [1.82, 2.24) is 5.48 Å². The van der Waals surface area contributed by atoms with Crippen molar-refractivity contribution >= 4 is 29.1 Å². The molecule has 1 aromatic carbocycles. The Morgan fingerprint density at radius 1 is 0.543 bits per heavy atom. The minimum Gasteiger partial charge on any atom is -0.379 e. The van der Waals surface area contributed by atoms with Gasteiger partial charge in [-0.3, -0.25) is 4.79 Å². The predicted octanol–water partition coefficient (Wildman–Crippen LogP) is 14.6. The van der Waals surface area contributed by atoms with E-state index in [1.807, 2.05) is 12.1 Å². The topological polar surface area (TPSA) is 38.3 Å². The van der Waals surface area contributed by atoms with Gasteiger partial charge in [0.25, 0.3) is 0 Å². The van der Waals surface area contributed by atoms with Crippen LogP contribution in [0.1, 0.15) is 222 Å². The lowest BCUT2D eigenvalue weighted by molar-refractivity contribution is -0.125. The van der Waals surface area contributed by atoms with Crippen molar-refractivity contribution < 1.29 is 9.63 Å². The van der Waals surface area contributed by atoms with Crippen LogP contribution in [0.3, 0.4) is 0 Å². The van der Waals surface area contributed by atoms with Crippen LogP contribution >= 0.6 is 23.2 Å². The number of unbranched alkanes of at least 4 members (excludes halogenated alkanes) is 26. The van der Waals surface area contributed by atoms with Crippen molar-refractivity contribution in [3.63, 3.8) is 0 Å². The van der Waals surface area contributed by atoms with Crippen molar-refractivity contribution in [2.24, 2.45) is 0 Å². The van der Waals surface area contributed by atoms with Crippen LogP contribution < -0.4 is 10.3 Å². The number of nitrogens with one attached hydrogen (secondary N) is 1. The second-order valence-corrected chi connectivity index (χ2v) is 15.0. The van der Waals surface area contributed by atoms with Gasteiger partial charge < -0.3 is 4.84 Å². The monoisotopic (exact) mass is 682 g/mol. The lowest BCUT2D eigenvalue weighted by Gasteiger charge is -2.20. The number of hydrogen-bond acceptors (Lipinski definition) is 2. The van der Waals surface area contributed by atoms with E-state index < -0.39 is 4.84 Å². The molecular formula is C41H73Cl2NO2. The lowest BCUT2D eigenvalue weighted by Crippen LogP contribution is -2.24. The third kappa shape index (κ3) is 23.4. The molecule has 0 heterocycles. The summed E-state index contributed by atoms with van der Waals surface area (Å²) in [6, 6.07) is 3.91. The Kier molecular flexibility index (Phi) is 29.4. The molecule has 0 bridgehead atoms. The number of amides is 1. The Labute approximate surface area is 296 Å². The molecule has 0 aliphatic rings. The average Bonchev–Trinajstić information content (AvgIpc) is 3.04. The van der Waals surface area contributed by atoms with Gasteiger partial charge in [0.05, 0.1) is 0 Å². The first kappa shape index (κ1) is 43.1. The van der Waals surface area contributed by atoms with Crippen LogP contribution in [-0.2, 0) is 17.6 Å². The molecule has 1 amide bonds. The number of rotatable bonds is 33. The molecule has 1 rings (SSSR count). The molecule has 1 N–H and O–H groups in total. The van der Waals surface area contributed by atoms with E-state index in [0.29, 0.717) is 0 Å². The van der Waals surface area contributed by atoms with Gasteiger partial charge in [-0.05, 0) is 42.9 Å². The molecule has 0 saturated heterocycles. The number of benzene rings is 1. The normalized spacial score (nSPS) is 11.4. The van der Waals surface area contributed by atoms with Crippen LogP contribution in [0.15, 0.2) is 12.1 Å². The first-order valence-electron chi connectivity index (χ1n) is 19.9. The first-order chi connectivity index (χ1) is 22.5. The Hall–Kier alpha value is -0.930. The van der Waals surface area contributed by atoms with Crippen LogP contribution in [0.2, 0.25) is 0 Å². The van der Waals surface area contributed by atoms with Crippen LogP contribution in [0.4, 0.5) is 0 Å². The van der Waals surface area contributed by atoms with E-state index in [9.17, 15) is 4.79 Å². The van der Waals surface area contributed by atoms with E-state index >= 15 is 0 Å². The minimum atomic E-state index is -0.563. The molecule has 0 fully saturated rings. The van der Waals surface area contributed by atoms with Crippen LogP contribution in [0, 0.1) is 0 Å². The zero-order chi connectivity index (χ0) is 33.5. The van der Waals surface area contributed by atoms with Gasteiger partial charge in [0.2, 0.25) is 5.91 Å². The summed E-state index contributed by atoms with van der Waals surface area (Å²) in [5.74, 6) is 0.538. The molecule has 0 spiro atoms. The van der Waals surface area contributed by atoms with Gasteiger partial charge in [-0.2, -0.15) is 5.48 Å². The third-order valence-electron chi connectivity index (χ3n) is 9.52. The van der Waals surface area contributed by atoms with Gasteiger partial charge in [-0.25, -0.2) is 0 Å². The van der Waals surface area contributed by atoms with Gasteiger partial charge in [0.1, 0.15) is 4.84 Å². The molecule has 46 heavy (non-hydrogen) atoms. The highest BCUT2D eigenvalue weighted by Gasteiger charge is 2.18. The quantitative estimate of drug-likeness (QED) is 0.0455. The fourth-order valence-corrected chi connectivity index (χ4v) is 7.09. The van der Waals surface area contributed by atoms with Gasteiger partial charge in [0, 0.05) is 12.5 Å². The number of hydrogen-bond donors (Lipinski definition) is 1. The Bertz CT molecular complexity index is 844. The van der Waals surface area contributed by atoms with Crippen molar-refractivity contribution in [3.05, 3.63) is 28.8 Å². The SMILES string of the molecule is CCCCCCCCCCCCCCCCc1c(ONC(C)=O)ccc(C(Cl)Cl)c1CCCCCCCCCCCCCCCC. The molecule has 5 heteroatoms. The zero-order valence-corrected chi connectivity index (χ0v) is 32.0. The smallest absolute Gasteiger partial charge is 0.249 e. The standard InChI is InChI=1S/C41H73Cl2NO2/c1-4-6-8-10-12-14-16-18-20-22-24-26-28-30-32-37-38(40(46-44-36(3)45)35-34-39(37)41(42)43)33-31-29-27-25-23-21-19-17-15-13-11-9-7-5-2/h34-35,41H,4-33H2,1-3H3,(H,44,45). The van der Waals surface area contributed by atoms with Crippen molar-refractivity contribution in [2.45, 2.75) is 218 Å². The molecule has 0 aromatic heterocycles. The van der Waals surface area contributed by atoms with E-state index in [0.717, 1.165) is 37.0 Å². The molecule has 1 aromatic rings. The summed E-state index contributed by atoms with van der Waals surface area (Å²) in [6.45, 7) is 6.05. The van der Waals surface area contributed by atoms with Gasteiger partial charge in [-0.15, -0.1) is 23.2 Å². The largest absolute Gasteiger partial charge is 0.379 e. The summed E-state index contributed by atoms with van der Waals surface area (Å²) in [6.07, 6.45) is 39.7. The summed E-state index contributed by atoms with van der Waals surface area (Å²) in [5, 5.41) is 0. The summed E-state index contributed by atoms with van der Waals surface area (Å²) in [5.41, 5.74) is 5.94. The number of hydroxylamine groups is 1. The maximum absolute atomic E-state index is 11.6. The molecule has 268 valence electrons. The number of carbonyl (C=O) groups is 1. The van der Waals surface area contributed by atoms with E-state index in [1.165, 1.54) is 185 Å². The highest BCUT2D eigenvalue weighted by molar-refractivity contribution is 6.44. The second kappa shape index (κ2) is 31.3. The van der Waals surface area contributed by atoms with Gasteiger partial charge in [-0.1, -0.05) is 187 Å². The molecule has 0 unspecified atom stereocenters. The predicted molar refractivity (Wildman–Crippen MR) is 203 cm³/mol. The highest BCUT2D eigenvalue weighted by atomic mass is 35.5. The molecule has 0 radical (unpaired) electrons. The Balaban J connectivity index is 2.43. The molecule has 0 atom stereocenters. The van der Waals surface area contributed by atoms with Gasteiger partial charge >= 0.3 is 0 Å². The summed E-state index contributed by atoms with van der Waals surface area (Å²) in [4.78, 5) is 16.8. The first-order valence-corrected chi connectivity index (χ1v) is 20.7. The van der Waals surface area contributed by atoms with Crippen LogP contribution in [0.5, 0.6) is 5.75 Å². The Morgan fingerprint density at radius 2 is 0.870 bits per heavy atom. The molecule has 3 nitrogen and oxygen atoms in total. The second-order valence-electron chi connectivity index (χ2n) is 13.9. The van der Waals surface area contributed by atoms with E-state index in [4.69, 9.17) is 28.0 Å². The summed E-state index contributed by atoms with van der Waals surface area (Å²) >= 11 is 12.9. The molecular weight excluding hydrogens is 609 g/mol. The molecule has 0 saturated carbocycles. The van der Waals surface area contributed by atoms with Crippen molar-refractivity contribution in [1.29, 1.82) is 0 Å². The van der Waals surface area contributed by atoms with E-state index in [1.54, 1.807) is 0 Å². The third-order valence-corrected chi connectivity index (χ3v) is 10.00. The lowest BCUT2D eigenvalue weighted by atomic mass is 9.92. The maximum Gasteiger partial charge on any atom is 0.249 e. The summed E-state index contributed by atoms with van der Waals surface area (Å²) < 4.78 is 0. The van der Waals surface area contributed by atoms with E-state index in [-0.39, 0.29) is 5.91 Å². The maximum atomic E-state index is 11.6. The zero-order valence-electron chi connectivity index (χ0n) is 30.5. The highest BCUT2D eigenvalue weighted by Crippen LogP contribution is 2.36. The van der Waals surface area contributed by atoms with E-state index in [2.05, 4.69) is 19.3 Å². The van der Waals surface area contributed by atoms with Crippen LogP contribution in [-0.4, -0.2) is 5.91 Å². The van der Waals surface area contributed by atoms with Crippen molar-refractivity contribution in [2.75, 3.05) is 0 Å². The molecule has 0 aliphatic heterocycles. The minimum absolute atomic E-state index is 0.201. The number of halogens is 2. The number of alkyl halides is 2. The van der Waals surface area contributed by atoms with Crippen LogP contribution in [0.25, 0.3) is 0 Å². The fourth-order valence-electron chi connectivity index (χ4n) is 6.68.